The standard InChI is InChI=1S/C16H24N4O4/c1-19-12-5-6-20(8-10(12)14(18-19)16(23)24-2)15(22)9-3-4-13(21)11(17)7-9/h9,11,13,21H,3-8,17H2,1-2H3/t9-,11+,13+/m0/s1. The fourth-order valence-electron chi connectivity index (χ4n) is 3.71. The fourth-order valence-corrected chi connectivity index (χ4v) is 3.71. The van der Waals surface area contributed by atoms with Crippen LogP contribution in [0.15, 0.2) is 0 Å². The van der Waals surface area contributed by atoms with Crippen molar-refractivity contribution in [2.24, 2.45) is 18.7 Å². The Hall–Kier alpha value is -1.93. The molecule has 0 aromatic carbocycles. The van der Waals surface area contributed by atoms with Crippen LogP contribution in [-0.2, 0) is 29.5 Å². The van der Waals surface area contributed by atoms with E-state index in [-0.39, 0.29) is 23.6 Å². The highest BCUT2D eigenvalue weighted by atomic mass is 16.5. The highest BCUT2D eigenvalue weighted by Crippen LogP contribution is 2.29. The third kappa shape index (κ3) is 2.91. The molecule has 1 aromatic rings. The van der Waals surface area contributed by atoms with Gasteiger partial charge in [0, 0.05) is 49.8 Å². The van der Waals surface area contributed by atoms with Crippen LogP contribution in [0.25, 0.3) is 0 Å². The molecule has 1 aromatic heterocycles. The summed E-state index contributed by atoms with van der Waals surface area (Å²) in [6.45, 7) is 0.959. The molecular formula is C16H24N4O4. The van der Waals surface area contributed by atoms with Crippen molar-refractivity contribution in [2.45, 2.75) is 44.4 Å². The Kier molecular flexibility index (Phi) is 4.60. The Morgan fingerprint density at radius 3 is 2.79 bits per heavy atom. The second kappa shape index (κ2) is 6.52. The molecule has 0 spiro atoms. The van der Waals surface area contributed by atoms with Gasteiger partial charge in [-0.25, -0.2) is 4.79 Å². The minimum Gasteiger partial charge on any atom is -0.464 e. The summed E-state index contributed by atoms with van der Waals surface area (Å²) in [6.07, 6.45) is 1.83. The molecule has 1 fully saturated rings. The van der Waals surface area contributed by atoms with E-state index < -0.39 is 12.1 Å². The Bertz CT molecular complexity index is 657. The zero-order chi connectivity index (χ0) is 17.4. The monoisotopic (exact) mass is 336 g/mol. The van der Waals surface area contributed by atoms with Gasteiger partial charge >= 0.3 is 5.97 Å². The minimum atomic E-state index is -0.522. The van der Waals surface area contributed by atoms with E-state index in [1.54, 1.807) is 16.6 Å². The van der Waals surface area contributed by atoms with Gasteiger partial charge in [-0.3, -0.25) is 9.48 Å². The number of fused-ring (bicyclic) bond motifs is 1. The van der Waals surface area contributed by atoms with Crippen LogP contribution in [0.3, 0.4) is 0 Å². The predicted molar refractivity (Wildman–Crippen MR) is 85.0 cm³/mol. The Labute approximate surface area is 140 Å². The highest BCUT2D eigenvalue weighted by molar-refractivity contribution is 5.89. The molecular weight excluding hydrogens is 312 g/mol. The van der Waals surface area contributed by atoms with Crippen molar-refractivity contribution in [3.8, 4) is 0 Å². The van der Waals surface area contributed by atoms with Crippen LogP contribution in [0, 0.1) is 5.92 Å². The Balaban J connectivity index is 1.77. The van der Waals surface area contributed by atoms with Gasteiger partial charge in [0.1, 0.15) is 0 Å². The van der Waals surface area contributed by atoms with E-state index in [4.69, 9.17) is 10.5 Å². The molecule has 1 amide bonds. The van der Waals surface area contributed by atoms with E-state index >= 15 is 0 Å². The van der Waals surface area contributed by atoms with E-state index in [1.165, 1.54) is 7.11 Å². The highest BCUT2D eigenvalue weighted by Gasteiger charge is 2.36. The van der Waals surface area contributed by atoms with Gasteiger partial charge in [0.05, 0.1) is 13.2 Å². The van der Waals surface area contributed by atoms with Crippen molar-refractivity contribution in [1.29, 1.82) is 0 Å². The lowest BCUT2D eigenvalue weighted by Gasteiger charge is -2.35. The van der Waals surface area contributed by atoms with E-state index in [0.29, 0.717) is 38.8 Å². The van der Waals surface area contributed by atoms with Crippen LogP contribution in [-0.4, -0.2) is 57.5 Å². The van der Waals surface area contributed by atoms with Gasteiger partial charge in [0.25, 0.3) is 0 Å². The number of aryl methyl sites for hydroxylation is 1. The summed E-state index contributed by atoms with van der Waals surface area (Å²) in [5.74, 6) is -0.602. The average Bonchev–Trinajstić information content (AvgIpc) is 2.92. The third-order valence-electron chi connectivity index (χ3n) is 5.14. The van der Waals surface area contributed by atoms with Crippen molar-refractivity contribution in [1.82, 2.24) is 14.7 Å². The summed E-state index contributed by atoms with van der Waals surface area (Å²) in [5.41, 5.74) is 7.92. The molecule has 1 aliphatic heterocycles. The largest absolute Gasteiger partial charge is 0.464 e. The van der Waals surface area contributed by atoms with Crippen molar-refractivity contribution < 1.29 is 19.4 Å². The second-order valence-electron chi connectivity index (χ2n) is 6.64. The number of esters is 1. The average molecular weight is 336 g/mol. The second-order valence-corrected chi connectivity index (χ2v) is 6.64. The number of ether oxygens (including phenoxy) is 1. The lowest BCUT2D eigenvalue weighted by atomic mass is 9.83. The van der Waals surface area contributed by atoms with Crippen LogP contribution in [0.5, 0.6) is 0 Å². The SMILES string of the molecule is COC(=O)c1nn(C)c2c1CN(C(=O)[C@H]1CC[C@@H](O)[C@H](N)C1)CC2. The van der Waals surface area contributed by atoms with Crippen molar-refractivity contribution in [3.05, 3.63) is 17.0 Å². The van der Waals surface area contributed by atoms with Crippen LogP contribution < -0.4 is 5.73 Å². The van der Waals surface area contributed by atoms with Gasteiger partial charge in [-0.1, -0.05) is 0 Å². The maximum absolute atomic E-state index is 12.8. The van der Waals surface area contributed by atoms with Gasteiger partial charge in [-0.2, -0.15) is 5.10 Å². The van der Waals surface area contributed by atoms with E-state index in [0.717, 1.165) is 11.3 Å². The quantitative estimate of drug-likeness (QED) is 0.710. The van der Waals surface area contributed by atoms with Gasteiger partial charge in [-0.15, -0.1) is 0 Å². The van der Waals surface area contributed by atoms with E-state index in [2.05, 4.69) is 5.10 Å². The lowest BCUT2D eigenvalue weighted by Crippen LogP contribution is -2.47. The number of aliphatic hydroxyl groups is 1. The molecule has 3 rings (SSSR count). The topological polar surface area (TPSA) is 111 Å². The summed E-state index contributed by atoms with van der Waals surface area (Å²) < 4.78 is 6.48. The number of nitrogens with two attached hydrogens (primary N) is 1. The molecule has 0 radical (unpaired) electrons. The van der Waals surface area contributed by atoms with E-state index in [9.17, 15) is 14.7 Å². The molecule has 2 aliphatic rings. The normalized spacial score (nSPS) is 26.8. The predicted octanol–water partition coefficient (Wildman–Crippen LogP) is -0.420. The number of hydrogen-bond donors (Lipinski definition) is 2. The molecule has 8 heteroatoms. The molecule has 24 heavy (non-hydrogen) atoms. The number of aliphatic hydroxyl groups excluding tert-OH is 1. The number of hydrogen-bond acceptors (Lipinski definition) is 6. The summed E-state index contributed by atoms with van der Waals surface area (Å²) >= 11 is 0. The number of rotatable bonds is 2. The van der Waals surface area contributed by atoms with Crippen LogP contribution in [0.2, 0.25) is 0 Å². The first-order valence-corrected chi connectivity index (χ1v) is 8.27. The smallest absolute Gasteiger partial charge is 0.358 e. The molecule has 3 N–H and O–H groups in total. The first-order chi connectivity index (χ1) is 11.4. The molecule has 0 bridgehead atoms. The zero-order valence-corrected chi connectivity index (χ0v) is 14.1. The lowest BCUT2D eigenvalue weighted by molar-refractivity contribution is -0.138. The number of nitrogens with zero attached hydrogens (tertiary/aromatic N) is 3. The molecule has 1 saturated carbocycles. The Morgan fingerprint density at radius 1 is 1.38 bits per heavy atom. The van der Waals surface area contributed by atoms with E-state index in [1.807, 2.05) is 0 Å². The van der Waals surface area contributed by atoms with Crippen LogP contribution in [0.4, 0.5) is 0 Å². The number of carbonyl (C=O) groups is 2. The summed E-state index contributed by atoms with van der Waals surface area (Å²) in [7, 11) is 3.12. The minimum absolute atomic E-state index is 0.0441. The van der Waals surface area contributed by atoms with Crippen molar-refractivity contribution in [3.63, 3.8) is 0 Å². The number of methoxy groups -OCH3 is 1. The summed E-state index contributed by atoms with van der Waals surface area (Å²) in [6, 6.07) is -0.350. The maximum atomic E-state index is 12.8. The maximum Gasteiger partial charge on any atom is 0.358 e. The first kappa shape index (κ1) is 16.9. The van der Waals surface area contributed by atoms with Gasteiger partial charge in [0.15, 0.2) is 5.69 Å². The molecule has 0 saturated heterocycles. The first-order valence-electron chi connectivity index (χ1n) is 8.27. The number of amides is 1. The zero-order valence-electron chi connectivity index (χ0n) is 14.1. The van der Waals surface area contributed by atoms with Gasteiger partial charge in [0.2, 0.25) is 5.91 Å². The summed E-state index contributed by atoms with van der Waals surface area (Å²) in [4.78, 5) is 26.5. The summed E-state index contributed by atoms with van der Waals surface area (Å²) in [5, 5.41) is 14.0. The third-order valence-corrected chi connectivity index (χ3v) is 5.14. The molecule has 2 heterocycles. The van der Waals surface area contributed by atoms with Gasteiger partial charge < -0.3 is 20.5 Å². The molecule has 3 atom stereocenters. The van der Waals surface area contributed by atoms with Crippen molar-refractivity contribution >= 4 is 11.9 Å². The van der Waals surface area contributed by atoms with Crippen LogP contribution >= 0.6 is 0 Å². The fraction of sp³-hybridized carbons (Fsp3) is 0.688. The molecule has 132 valence electrons. The van der Waals surface area contributed by atoms with Crippen molar-refractivity contribution in [2.75, 3.05) is 13.7 Å². The van der Waals surface area contributed by atoms with Crippen LogP contribution in [0.1, 0.15) is 41.0 Å². The molecule has 1 aliphatic carbocycles. The molecule has 8 nitrogen and oxygen atoms in total. The Morgan fingerprint density at radius 2 is 2.12 bits per heavy atom. The van der Waals surface area contributed by atoms with Gasteiger partial charge in [-0.05, 0) is 19.3 Å². The molecule has 0 unspecified atom stereocenters. The number of carbonyl (C=O) groups excluding carboxylic acids is 2. The number of aromatic nitrogens is 2.